The van der Waals surface area contributed by atoms with E-state index in [1.807, 2.05) is 30.3 Å². The third-order valence-electron chi connectivity index (χ3n) is 3.88. The molecule has 27 heavy (non-hydrogen) atoms. The molecule has 0 amide bonds. The first-order valence-corrected chi connectivity index (χ1v) is 11.8. The molecule has 9 heteroatoms. The summed E-state index contributed by atoms with van der Waals surface area (Å²) in [5.41, 5.74) is 2.88. The first-order valence-electron chi connectivity index (χ1n) is 8.38. The molecule has 0 bridgehead atoms. The minimum Gasteiger partial charge on any atom is -0.318 e. The number of nitriles is 1. The van der Waals surface area contributed by atoms with E-state index in [9.17, 15) is 5.26 Å². The van der Waals surface area contributed by atoms with Crippen molar-refractivity contribution in [2.75, 3.05) is 10.8 Å². The molecule has 3 aromatic heterocycles. The van der Waals surface area contributed by atoms with Gasteiger partial charge in [0.1, 0.15) is 21.8 Å². The monoisotopic (exact) mass is 435 g/mol. The molecule has 0 saturated carbocycles. The van der Waals surface area contributed by atoms with Crippen LogP contribution >= 0.6 is 46.5 Å². The largest absolute Gasteiger partial charge is 0.318 e. The van der Waals surface area contributed by atoms with Gasteiger partial charge in [0.05, 0.1) is 17.5 Å². The van der Waals surface area contributed by atoms with E-state index in [0.717, 1.165) is 37.8 Å². The van der Waals surface area contributed by atoms with Gasteiger partial charge in [-0.25, -0.2) is 15.0 Å². The number of rotatable bonds is 8. The van der Waals surface area contributed by atoms with E-state index >= 15 is 0 Å². The average molecular weight is 436 g/mol. The van der Waals surface area contributed by atoms with Crippen LogP contribution in [0.15, 0.2) is 28.9 Å². The van der Waals surface area contributed by atoms with Crippen LogP contribution in [0.3, 0.4) is 0 Å². The highest BCUT2D eigenvalue weighted by Crippen LogP contribution is 2.36. The second-order valence-corrected chi connectivity index (χ2v) is 9.35. The third kappa shape index (κ3) is 4.66. The lowest BCUT2D eigenvalue weighted by atomic mass is 10.1. The van der Waals surface area contributed by atoms with Gasteiger partial charge in [-0.15, -0.1) is 11.3 Å². The summed E-state index contributed by atoms with van der Waals surface area (Å²) in [6.07, 6.45) is 5.83. The Kier molecular flexibility index (Phi) is 7.19. The van der Waals surface area contributed by atoms with Gasteiger partial charge in [0, 0.05) is 29.3 Å². The fourth-order valence-electron chi connectivity index (χ4n) is 2.44. The van der Waals surface area contributed by atoms with Gasteiger partial charge in [-0.1, -0.05) is 25.1 Å². The maximum absolute atomic E-state index is 9.83. The Labute approximate surface area is 176 Å². The van der Waals surface area contributed by atoms with Crippen LogP contribution in [0.25, 0.3) is 22.0 Å². The van der Waals surface area contributed by atoms with Crippen LogP contribution < -0.4 is 0 Å². The van der Waals surface area contributed by atoms with E-state index in [2.05, 4.69) is 23.0 Å². The second kappa shape index (κ2) is 9.60. The fraction of sp³-hybridized carbons (Fsp3) is 0.333. The molecule has 3 aromatic rings. The molecule has 3 rings (SSSR count). The summed E-state index contributed by atoms with van der Waals surface area (Å²) in [5.74, 6) is 1.11. The molecule has 0 saturated heterocycles. The second-order valence-electron chi connectivity index (χ2n) is 5.68. The zero-order valence-electron chi connectivity index (χ0n) is 15.0. The van der Waals surface area contributed by atoms with Gasteiger partial charge < -0.3 is 4.57 Å². The van der Waals surface area contributed by atoms with Gasteiger partial charge in [-0.3, -0.25) is 0 Å². The van der Waals surface area contributed by atoms with E-state index in [0.29, 0.717) is 10.8 Å². The Hall–Kier alpha value is -1.53. The van der Waals surface area contributed by atoms with Gasteiger partial charge in [0.15, 0.2) is 0 Å². The molecule has 3 heterocycles. The van der Waals surface area contributed by atoms with Crippen LogP contribution in [0, 0.1) is 11.3 Å². The lowest BCUT2D eigenvalue weighted by molar-refractivity contribution is 0.897. The van der Waals surface area contributed by atoms with Crippen molar-refractivity contribution in [3.8, 4) is 28.0 Å². The zero-order chi connectivity index (χ0) is 19.2. The van der Waals surface area contributed by atoms with Crippen molar-refractivity contribution in [2.24, 2.45) is 7.05 Å². The number of thiazole rings is 1. The lowest BCUT2D eigenvalue weighted by Gasteiger charge is -2.11. The molecule has 0 aliphatic carbocycles. The lowest BCUT2D eigenvalue weighted by Crippen LogP contribution is -1.99. The van der Waals surface area contributed by atoms with Crippen LogP contribution in [0.4, 0.5) is 0 Å². The van der Waals surface area contributed by atoms with Crippen LogP contribution in [-0.2, 0) is 7.05 Å². The highest BCUT2D eigenvalue weighted by atomic mass is 35.5. The van der Waals surface area contributed by atoms with Gasteiger partial charge in [-0.05, 0) is 29.8 Å². The third-order valence-corrected chi connectivity index (χ3v) is 7.31. The molecule has 0 fully saturated rings. The highest BCUT2D eigenvalue weighted by molar-refractivity contribution is 8.15. The molecule has 0 spiro atoms. The molecule has 0 aliphatic rings. The predicted octanol–water partition coefficient (Wildman–Crippen LogP) is 5.71. The number of halogens is 1. The SMILES string of the molecule is CCCCSCSc1nc(-c2nccs2)cc(-c2cnc(Cl)n2C)c1C#N. The summed E-state index contributed by atoms with van der Waals surface area (Å²) in [5, 5.41) is 14.5. The van der Waals surface area contributed by atoms with Gasteiger partial charge in [0.2, 0.25) is 5.28 Å². The molecule has 0 atom stereocenters. The minimum atomic E-state index is 0.380. The fourth-order valence-corrected chi connectivity index (χ4v) is 5.38. The van der Waals surface area contributed by atoms with E-state index in [-0.39, 0.29) is 0 Å². The minimum absolute atomic E-state index is 0.380. The van der Waals surface area contributed by atoms with Crippen LogP contribution in [0.5, 0.6) is 0 Å². The summed E-state index contributed by atoms with van der Waals surface area (Å²) in [6.45, 7) is 2.19. The van der Waals surface area contributed by atoms with Gasteiger partial charge in [0.25, 0.3) is 0 Å². The molecule has 0 N–H and O–H groups in total. The smallest absolute Gasteiger partial charge is 0.202 e. The Balaban J connectivity index is 2.03. The summed E-state index contributed by atoms with van der Waals surface area (Å²) in [7, 11) is 1.84. The molecular formula is C18H18ClN5S3. The summed E-state index contributed by atoms with van der Waals surface area (Å²) >= 11 is 11.1. The maximum atomic E-state index is 9.83. The first kappa shape index (κ1) is 20.2. The number of imidazole rings is 1. The summed E-state index contributed by atoms with van der Waals surface area (Å²) in [4.78, 5) is 13.3. The van der Waals surface area contributed by atoms with Crippen molar-refractivity contribution in [3.63, 3.8) is 0 Å². The average Bonchev–Trinajstić information content (AvgIpc) is 3.32. The molecule has 5 nitrogen and oxygen atoms in total. The van der Waals surface area contributed by atoms with Crippen molar-refractivity contribution in [1.29, 1.82) is 5.26 Å². The van der Waals surface area contributed by atoms with E-state index in [4.69, 9.17) is 16.6 Å². The van der Waals surface area contributed by atoms with Crippen molar-refractivity contribution >= 4 is 46.5 Å². The zero-order valence-corrected chi connectivity index (χ0v) is 18.2. The predicted molar refractivity (Wildman–Crippen MR) is 115 cm³/mol. The Morgan fingerprint density at radius 1 is 1.37 bits per heavy atom. The number of thioether (sulfide) groups is 2. The number of nitrogens with zero attached hydrogens (tertiary/aromatic N) is 5. The molecule has 140 valence electrons. The molecular weight excluding hydrogens is 418 g/mol. The number of pyridine rings is 1. The number of aromatic nitrogens is 4. The Morgan fingerprint density at radius 3 is 2.85 bits per heavy atom. The van der Waals surface area contributed by atoms with Crippen LogP contribution in [-0.4, -0.2) is 30.4 Å². The Morgan fingerprint density at radius 2 is 2.22 bits per heavy atom. The topological polar surface area (TPSA) is 67.4 Å². The van der Waals surface area contributed by atoms with Crippen molar-refractivity contribution in [1.82, 2.24) is 19.5 Å². The summed E-state index contributed by atoms with van der Waals surface area (Å²) in [6, 6.07) is 4.23. The molecule has 0 radical (unpaired) electrons. The number of hydrogen-bond donors (Lipinski definition) is 0. The molecule has 0 unspecified atom stereocenters. The van der Waals surface area contributed by atoms with Crippen molar-refractivity contribution < 1.29 is 0 Å². The molecule has 0 aromatic carbocycles. The Bertz CT molecular complexity index is 947. The van der Waals surface area contributed by atoms with E-state index < -0.39 is 0 Å². The van der Waals surface area contributed by atoms with Crippen LogP contribution in [0.2, 0.25) is 5.28 Å². The highest BCUT2D eigenvalue weighted by Gasteiger charge is 2.19. The number of hydrogen-bond acceptors (Lipinski definition) is 7. The first-order chi connectivity index (χ1) is 13.2. The maximum Gasteiger partial charge on any atom is 0.202 e. The van der Waals surface area contributed by atoms with Crippen molar-refractivity contribution in [2.45, 2.75) is 24.8 Å². The van der Waals surface area contributed by atoms with Crippen LogP contribution in [0.1, 0.15) is 25.3 Å². The van der Waals surface area contributed by atoms with E-state index in [1.165, 1.54) is 24.2 Å². The molecule has 0 aliphatic heterocycles. The number of unbranched alkanes of at least 4 members (excludes halogenated alkanes) is 1. The normalized spacial score (nSPS) is 10.9. The standard InChI is InChI=1S/C18H18ClN5S3/c1-3-4-6-25-11-27-16-13(9-20)12(15-10-22-18(19)24(15)2)8-14(23-16)17-21-5-7-26-17/h5,7-8,10H,3-4,6,11H2,1-2H3. The van der Waals surface area contributed by atoms with Gasteiger partial charge in [-0.2, -0.15) is 17.0 Å². The quantitative estimate of drug-likeness (QED) is 0.256. The van der Waals surface area contributed by atoms with Crippen molar-refractivity contribution in [3.05, 3.63) is 34.7 Å². The van der Waals surface area contributed by atoms with E-state index in [1.54, 1.807) is 28.7 Å². The summed E-state index contributed by atoms with van der Waals surface area (Å²) < 4.78 is 1.77. The van der Waals surface area contributed by atoms with Gasteiger partial charge >= 0.3 is 0 Å².